The molecule has 0 aliphatic carbocycles. The number of benzene rings is 2. The van der Waals surface area contributed by atoms with Crippen LogP contribution in [0.15, 0.2) is 53.5 Å². The van der Waals surface area contributed by atoms with Crippen LogP contribution in [-0.2, 0) is 28.5 Å². The molecule has 5 aromatic rings. The Morgan fingerprint density at radius 1 is 1.06 bits per heavy atom. The first-order valence-corrected chi connectivity index (χ1v) is 17.5. The van der Waals surface area contributed by atoms with E-state index in [1.165, 1.54) is 11.6 Å². The van der Waals surface area contributed by atoms with Crippen LogP contribution in [0.4, 0.5) is 23.1 Å². The number of halogens is 1. The monoisotopic (exact) mass is 726 g/mol. The fourth-order valence-corrected chi connectivity index (χ4v) is 7.01. The number of anilines is 4. The van der Waals surface area contributed by atoms with E-state index in [1.54, 1.807) is 24.0 Å². The molecule has 16 heteroatoms. The molecule has 0 saturated carbocycles. The highest BCUT2D eigenvalue weighted by molar-refractivity contribution is 6.33. The zero-order chi connectivity index (χ0) is 36.5. The largest absolute Gasteiger partial charge is 0.478 e. The SMILES string of the molecule is CNC(=O)COc1cc2cc(Nc3nc(N4CCC[C@@H](CNc5ccc6c(C7CCC(=O)NC7=O)nn(C)c6c5)C4)ncc3Cl)ccc2n(C)c1=O. The maximum Gasteiger partial charge on any atom is 0.293 e. The van der Waals surface area contributed by atoms with Gasteiger partial charge in [0.05, 0.1) is 28.8 Å². The van der Waals surface area contributed by atoms with E-state index >= 15 is 0 Å². The van der Waals surface area contributed by atoms with Crippen LogP contribution in [0.2, 0.25) is 5.02 Å². The van der Waals surface area contributed by atoms with E-state index < -0.39 is 5.92 Å². The smallest absolute Gasteiger partial charge is 0.293 e. The molecule has 1 unspecified atom stereocenters. The number of amides is 3. The number of pyridine rings is 1. The topological polar surface area (TPSA) is 177 Å². The van der Waals surface area contributed by atoms with Crippen molar-refractivity contribution in [3.8, 4) is 5.75 Å². The lowest BCUT2D eigenvalue weighted by Gasteiger charge is -2.33. The summed E-state index contributed by atoms with van der Waals surface area (Å²) in [7, 11) is 5.02. The molecule has 2 aliphatic heterocycles. The number of nitrogens with one attached hydrogen (secondary N) is 4. The Bertz CT molecular complexity index is 2270. The predicted octanol–water partition coefficient (Wildman–Crippen LogP) is 3.59. The molecular weight excluding hydrogens is 688 g/mol. The summed E-state index contributed by atoms with van der Waals surface area (Å²) in [4.78, 5) is 60.2. The number of aryl methyl sites for hydroxylation is 2. The van der Waals surface area contributed by atoms with Crippen molar-refractivity contribution >= 4 is 74.3 Å². The van der Waals surface area contributed by atoms with Gasteiger partial charge in [-0.15, -0.1) is 0 Å². The number of rotatable bonds is 10. The summed E-state index contributed by atoms with van der Waals surface area (Å²) in [5.41, 5.74) is 3.62. The summed E-state index contributed by atoms with van der Waals surface area (Å²) >= 11 is 6.56. The maximum absolute atomic E-state index is 12.8. The molecule has 0 bridgehead atoms. The summed E-state index contributed by atoms with van der Waals surface area (Å²) in [6.45, 7) is 2.04. The van der Waals surface area contributed by atoms with Gasteiger partial charge in [-0.2, -0.15) is 10.1 Å². The summed E-state index contributed by atoms with van der Waals surface area (Å²) < 4.78 is 8.76. The Hall–Kier alpha value is -5.70. The quantitative estimate of drug-likeness (QED) is 0.155. The van der Waals surface area contributed by atoms with E-state index in [4.69, 9.17) is 21.3 Å². The Morgan fingerprint density at radius 2 is 1.88 bits per heavy atom. The third-order valence-electron chi connectivity index (χ3n) is 9.67. The van der Waals surface area contributed by atoms with E-state index in [9.17, 15) is 19.2 Å². The summed E-state index contributed by atoms with van der Waals surface area (Å²) in [5.74, 6) is 0.106. The fraction of sp³-hybridized carbons (Fsp3) is 0.361. The van der Waals surface area contributed by atoms with Gasteiger partial charge in [0.25, 0.3) is 11.5 Å². The number of fused-ring (bicyclic) bond motifs is 2. The van der Waals surface area contributed by atoms with Crippen LogP contribution in [0.5, 0.6) is 5.75 Å². The van der Waals surface area contributed by atoms with Crippen molar-refractivity contribution in [1.82, 2.24) is 34.9 Å². The molecule has 2 fully saturated rings. The molecule has 2 aliphatic rings. The van der Waals surface area contributed by atoms with Crippen LogP contribution in [0.25, 0.3) is 21.8 Å². The van der Waals surface area contributed by atoms with Gasteiger partial charge in [0, 0.05) is 69.3 Å². The van der Waals surface area contributed by atoms with Crippen molar-refractivity contribution < 1.29 is 19.1 Å². The van der Waals surface area contributed by atoms with Crippen molar-refractivity contribution in [1.29, 1.82) is 0 Å². The van der Waals surface area contributed by atoms with Crippen LogP contribution in [0.1, 0.15) is 37.3 Å². The zero-order valence-electron chi connectivity index (χ0n) is 29.0. The van der Waals surface area contributed by atoms with Crippen molar-refractivity contribution in [2.24, 2.45) is 20.0 Å². The molecular formula is C36H39ClN10O5. The van der Waals surface area contributed by atoms with E-state index in [0.717, 1.165) is 54.5 Å². The molecule has 52 heavy (non-hydrogen) atoms. The third-order valence-corrected chi connectivity index (χ3v) is 9.95. The average Bonchev–Trinajstić information content (AvgIpc) is 3.47. The minimum atomic E-state index is -0.445. The molecule has 2 atom stereocenters. The number of aromatic nitrogens is 5. The molecule has 0 spiro atoms. The van der Waals surface area contributed by atoms with Gasteiger partial charge in [-0.25, -0.2) is 4.98 Å². The molecule has 3 amide bonds. The Balaban J connectivity index is 1.02. The van der Waals surface area contributed by atoms with Crippen LogP contribution in [0.3, 0.4) is 0 Å². The third kappa shape index (κ3) is 7.08. The van der Waals surface area contributed by atoms with E-state index in [1.807, 2.05) is 43.4 Å². The molecule has 4 N–H and O–H groups in total. The lowest BCUT2D eigenvalue weighted by molar-refractivity contribution is -0.134. The van der Waals surface area contributed by atoms with Gasteiger partial charge in [0.15, 0.2) is 18.2 Å². The highest BCUT2D eigenvalue weighted by Gasteiger charge is 2.31. The molecule has 270 valence electrons. The second kappa shape index (κ2) is 14.5. The lowest BCUT2D eigenvalue weighted by atomic mass is 9.93. The Morgan fingerprint density at radius 3 is 2.69 bits per heavy atom. The second-order valence-electron chi connectivity index (χ2n) is 13.2. The minimum absolute atomic E-state index is 0.0729. The van der Waals surface area contributed by atoms with Crippen molar-refractivity contribution in [3.63, 3.8) is 0 Å². The number of hydrogen-bond acceptors (Lipinski definition) is 11. The number of ether oxygens (including phenoxy) is 1. The maximum atomic E-state index is 12.8. The van der Waals surface area contributed by atoms with Gasteiger partial charge in [0.1, 0.15) is 5.02 Å². The first-order valence-electron chi connectivity index (χ1n) is 17.1. The Kier molecular flexibility index (Phi) is 9.69. The van der Waals surface area contributed by atoms with Crippen LogP contribution in [0, 0.1) is 5.92 Å². The summed E-state index contributed by atoms with van der Waals surface area (Å²) in [5, 5.41) is 18.5. The van der Waals surface area contributed by atoms with Gasteiger partial charge < -0.3 is 30.2 Å². The van der Waals surface area contributed by atoms with Crippen molar-refractivity contribution in [3.05, 3.63) is 69.7 Å². The molecule has 7 rings (SSSR count). The van der Waals surface area contributed by atoms with Crippen LogP contribution in [-0.4, -0.2) is 75.3 Å². The van der Waals surface area contributed by atoms with Crippen molar-refractivity contribution in [2.45, 2.75) is 31.6 Å². The van der Waals surface area contributed by atoms with E-state index in [-0.39, 0.29) is 35.6 Å². The average molecular weight is 727 g/mol. The number of nitrogens with zero attached hydrogens (tertiary/aromatic N) is 6. The number of imide groups is 1. The van der Waals surface area contributed by atoms with E-state index in [2.05, 4.69) is 36.2 Å². The van der Waals surface area contributed by atoms with Gasteiger partial charge in [-0.05, 0) is 67.6 Å². The normalized spacial score (nSPS) is 17.7. The molecule has 5 heterocycles. The zero-order valence-corrected chi connectivity index (χ0v) is 29.8. The van der Waals surface area contributed by atoms with Crippen LogP contribution < -0.4 is 36.5 Å². The summed E-state index contributed by atoms with van der Waals surface area (Å²) in [6.07, 6.45) is 4.38. The Labute approximate surface area is 303 Å². The summed E-state index contributed by atoms with van der Waals surface area (Å²) in [6, 6.07) is 13.2. The number of carbonyl (C=O) groups excluding carboxylic acids is 3. The first kappa shape index (κ1) is 34.7. The van der Waals surface area contributed by atoms with E-state index in [0.29, 0.717) is 52.4 Å². The van der Waals surface area contributed by atoms with Crippen LogP contribution >= 0.6 is 11.6 Å². The predicted molar refractivity (Wildman–Crippen MR) is 198 cm³/mol. The lowest BCUT2D eigenvalue weighted by Crippen LogP contribution is -2.39. The molecule has 15 nitrogen and oxygen atoms in total. The highest BCUT2D eigenvalue weighted by atomic mass is 35.5. The number of likely N-dealkylation sites (N-methyl/N-ethyl adjacent to an activating group) is 1. The van der Waals surface area contributed by atoms with Gasteiger partial charge in [-0.1, -0.05) is 11.6 Å². The van der Waals surface area contributed by atoms with Gasteiger partial charge >= 0.3 is 0 Å². The molecule has 3 aromatic heterocycles. The number of piperidine rings is 2. The minimum Gasteiger partial charge on any atom is -0.478 e. The standard InChI is InChI=1S/C36H39ClN10O5/c1-38-31(49)19-52-29-14-21-13-23(7-10-27(21)45(2)35(29)51)41-33-26(37)17-40-36(43-33)47-12-4-5-20(18-47)16-39-22-6-8-24-28(15-22)46(3)44-32(24)25-9-11-30(48)42-34(25)50/h6-8,10,13-15,17,20,25,39H,4-5,9,11-12,16,18-19H2,1-3H3,(H,38,49)(H,40,41,43)(H,42,48,50)/t20-,25?/m0/s1. The van der Waals surface area contributed by atoms with Gasteiger partial charge in [-0.3, -0.25) is 29.2 Å². The first-order chi connectivity index (χ1) is 25.1. The van der Waals surface area contributed by atoms with Gasteiger partial charge in [0.2, 0.25) is 17.8 Å². The van der Waals surface area contributed by atoms with Crippen molar-refractivity contribution in [2.75, 3.05) is 48.8 Å². The molecule has 2 saturated heterocycles. The second-order valence-corrected chi connectivity index (χ2v) is 13.6. The molecule has 2 aromatic carbocycles. The molecule has 0 radical (unpaired) electrons. The number of hydrogen-bond donors (Lipinski definition) is 4. The fourth-order valence-electron chi connectivity index (χ4n) is 6.87. The number of carbonyl (C=O) groups is 3. The highest BCUT2D eigenvalue weighted by Crippen LogP contribution is 2.33.